The molecule has 0 radical (unpaired) electrons. The summed E-state index contributed by atoms with van der Waals surface area (Å²) in [5.41, 5.74) is 6.14. The van der Waals surface area contributed by atoms with Gasteiger partial charge in [0.1, 0.15) is 0 Å². The summed E-state index contributed by atoms with van der Waals surface area (Å²) in [7, 11) is 3.38. The Labute approximate surface area is 200 Å². The number of furan rings is 1. The van der Waals surface area contributed by atoms with Crippen molar-refractivity contribution in [3.8, 4) is 5.75 Å². The highest BCUT2D eigenvalue weighted by Gasteiger charge is 2.29. The molecule has 1 N–H and O–H groups in total. The Morgan fingerprint density at radius 1 is 1.29 bits per heavy atom. The van der Waals surface area contributed by atoms with Gasteiger partial charge < -0.3 is 14.1 Å². The van der Waals surface area contributed by atoms with Gasteiger partial charge in [0.15, 0.2) is 17.1 Å². The van der Waals surface area contributed by atoms with E-state index in [1.165, 1.54) is 31.5 Å². The lowest BCUT2D eigenvalue weighted by atomic mass is 9.88. The largest absolute Gasteiger partial charge is 0.493 e. The zero-order chi connectivity index (χ0) is 24.8. The Kier molecular flexibility index (Phi) is 5.82. The second-order valence-electron chi connectivity index (χ2n) is 8.56. The number of ether oxygens (including phenoxy) is 1. The van der Waals surface area contributed by atoms with E-state index in [-0.39, 0.29) is 28.3 Å². The predicted octanol–water partition coefficient (Wildman–Crippen LogP) is 5.40. The Hall–Kier alpha value is -3.85. The fourth-order valence-electron chi connectivity index (χ4n) is 3.98. The van der Waals surface area contributed by atoms with Crippen LogP contribution in [0.25, 0.3) is 16.5 Å². The van der Waals surface area contributed by atoms with E-state index in [0.717, 1.165) is 16.8 Å². The molecule has 4 rings (SSSR count). The van der Waals surface area contributed by atoms with Crippen molar-refractivity contribution in [2.45, 2.75) is 26.3 Å². The number of nitro benzene ring substituents is 1. The van der Waals surface area contributed by atoms with Crippen LogP contribution in [-0.2, 0) is 0 Å². The van der Waals surface area contributed by atoms with Crippen molar-refractivity contribution >= 4 is 51.6 Å². The number of amides is 1. The van der Waals surface area contributed by atoms with Gasteiger partial charge in [-0.05, 0) is 44.5 Å². The molecule has 0 atom stereocenters. The van der Waals surface area contributed by atoms with E-state index in [1.807, 2.05) is 26.1 Å². The van der Waals surface area contributed by atoms with Crippen molar-refractivity contribution in [3.63, 3.8) is 0 Å². The van der Waals surface area contributed by atoms with E-state index in [1.54, 1.807) is 0 Å². The molecule has 0 spiro atoms. The molecule has 1 aliphatic heterocycles. The molecule has 0 fully saturated rings. The van der Waals surface area contributed by atoms with Crippen LogP contribution >= 0.6 is 11.6 Å². The number of carbonyl (C=O) groups excluding carboxylic acids is 1. The molecule has 1 aromatic heterocycles. The molecular weight excluding hydrogens is 460 g/mol. The van der Waals surface area contributed by atoms with Gasteiger partial charge in [-0.25, -0.2) is 5.43 Å². The van der Waals surface area contributed by atoms with Crippen LogP contribution in [0.4, 0.5) is 11.4 Å². The maximum Gasteiger partial charge on any atom is 0.307 e. The highest BCUT2D eigenvalue weighted by atomic mass is 35.5. The fourth-order valence-corrected chi connectivity index (χ4v) is 4.18. The number of allylic oxidation sites excluding steroid dienone is 1. The minimum absolute atomic E-state index is 0.0647. The van der Waals surface area contributed by atoms with Gasteiger partial charge in [0, 0.05) is 35.3 Å². The van der Waals surface area contributed by atoms with E-state index < -0.39 is 10.8 Å². The van der Waals surface area contributed by atoms with E-state index in [9.17, 15) is 14.9 Å². The molecule has 9 nitrogen and oxygen atoms in total. The zero-order valence-corrected chi connectivity index (χ0v) is 20.1. The summed E-state index contributed by atoms with van der Waals surface area (Å²) in [6.07, 6.45) is 3.65. The lowest BCUT2D eigenvalue weighted by Crippen LogP contribution is -2.42. The highest BCUT2D eigenvalue weighted by molar-refractivity contribution is 6.33. The normalized spacial score (nSPS) is 14.8. The van der Waals surface area contributed by atoms with Crippen molar-refractivity contribution < 1.29 is 18.9 Å². The number of nitrogens with zero attached hydrogens (tertiary/aromatic N) is 3. The van der Waals surface area contributed by atoms with Crippen LogP contribution in [0.3, 0.4) is 0 Å². The number of halogens is 1. The van der Waals surface area contributed by atoms with E-state index in [0.29, 0.717) is 16.0 Å². The SMILES string of the molecule is COc1cc([N+](=O)[O-])cc2cc(C(=O)N/N=C\c3cc4c(cc3Cl)N(C)C(C)(C)C=C4C)oc12. The topological polar surface area (TPSA) is 110 Å². The molecule has 1 aliphatic rings. The summed E-state index contributed by atoms with van der Waals surface area (Å²) in [6, 6.07) is 7.75. The molecule has 0 saturated carbocycles. The average molecular weight is 483 g/mol. The molecule has 176 valence electrons. The Morgan fingerprint density at radius 3 is 2.71 bits per heavy atom. The summed E-state index contributed by atoms with van der Waals surface area (Å²) in [4.78, 5) is 25.3. The van der Waals surface area contributed by atoms with Crippen LogP contribution in [0.2, 0.25) is 5.02 Å². The number of anilines is 1. The van der Waals surface area contributed by atoms with Crippen molar-refractivity contribution in [2.24, 2.45) is 5.10 Å². The fraction of sp³-hybridized carbons (Fsp3) is 0.250. The van der Waals surface area contributed by atoms with Crippen molar-refractivity contribution in [3.05, 3.63) is 68.4 Å². The number of non-ortho nitro benzene ring substituents is 1. The summed E-state index contributed by atoms with van der Waals surface area (Å²) in [6.45, 7) is 6.30. The van der Waals surface area contributed by atoms with Crippen molar-refractivity contribution in [1.29, 1.82) is 0 Å². The van der Waals surface area contributed by atoms with Gasteiger partial charge in [-0.15, -0.1) is 0 Å². The third kappa shape index (κ3) is 4.10. The Balaban J connectivity index is 1.58. The summed E-state index contributed by atoms with van der Waals surface area (Å²) in [5, 5.41) is 16.0. The first kappa shape index (κ1) is 23.3. The van der Waals surface area contributed by atoms with Crippen LogP contribution in [0.1, 0.15) is 42.5 Å². The molecule has 0 bridgehead atoms. The number of benzene rings is 2. The number of likely N-dealkylation sites (N-methyl/N-ethyl adjacent to an activating group) is 1. The van der Waals surface area contributed by atoms with Gasteiger partial charge in [-0.2, -0.15) is 5.10 Å². The molecule has 2 heterocycles. The molecule has 34 heavy (non-hydrogen) atoms. The van der Waals surface area contributed by atoms with E-state index >= 15 is 0 Å². The van der Waals surface area contributed by atoms with Gasteiger partial charge in [0.2, 0.25) is 0 Å². The Bertz CT molecular complexity index is 1390. The third-order valence-corrected chi connectivity index (χ3v) is 6.25. The molecular formula is C24H23ClN4O5. The molecule has 10 heteroatoms. The molecule has 2 aromatic carbocycles. The number of carbonyl (C=O) groups is 1. The van der Waals surface area contributed by atoms with E-state index in [2.05, 4.69) is 35.4 Å². The minimum Gasteiger partial charge on any atom is -0.493 e. The number of rotatable bonds is 5. The molecule has 3 aromatic rings. The lowest BCUT2D eigenvalue weighted by Gasteiger charge is -2.40. The quantitative estimate of drug-likeness (QED) is 0.296. The van der Waals surface area contributed by atoms with Crippen LogP contribution in [-0.4, -0.2) is 36.7 Å². The minimum atomic E-state index is -0.621. The van der Waals surface area contributed by atoms with Gasteiger partial charge >= 0.3 is 5.91 Å². The van der Waals surface area contributed by atoms with Crippen LogP contribution < -0.4 is 15.1 Å². The first-order valence-electron chi connectivity index (χ1n) is 10.4. The molecule has 0 saturated heterocycles. The summed E-state index contributed by atoms with van der Waals surface area (Å²) >= 11 is 6.49. The maximum atomic E-state index is 12.6. The molecule has 1 amide bonds. The Morgan fingerprint density at radius 2 is 2.03 bits per heavy atom. The smallest absolute Gasteiger partial charge is 0.307 e. The monoisotopic (exact) mass is 482 g/mol. The third-order valence-electron chi connectivity index (χ3n) is 5.93. The van der Waals surface area contributed by atoms with Crippen molar-refractivity contribution in [2.75, 3.05) is 19.1 Å². The first-order chi connectivity index (χ1) is 16.0. The second kappa shape index (κ2) is 8.49. The van der Waals surface area contributed by atoms with Gasteiger partial charge in [0.25, 0.3) is 5.69 Å². The van der Waals surface area contributed by atoms with Crippen molar-refractivity contribution in [1.82, 2.24) is 5.43 Å². The number of fused-ring (bicyclic) bond motifs is 2. The first-order valence-corrected chi connectivity index (χ1v) is 10.8. The maximum absolute atomic E-state index is 12.6. The summed E-state index contributed by atoms with van der Waals surface area (Å²) in [5.74, 6) is -0.530. The number of nitrogens with one attached hydrogen (secondary N) is 1. The van der Waals surface area contributed by atoms with Crippen LogP contribution in [0.5, 0.6) is 5.75 Å². The van der Waals surface area contributed by atoms with E-state index in [4.69, 9.17) is 20.8 Å². The zero-order valence-electron chi connectivity index (χ0n) is 19.3. The number of methoxy groups -OCH3 is 1. The lowest BCUT2D eigenvalue weighted by molar-refractivity contribution is -0.384. The summed E-state index contributed by atoms with van der Waals surface area (Å²) < 4.78 is 10.7. The number of hydrazone groups is 1. The number of nitro groups is 1. The molecule has 0 aliphatic carbocycles. The second-order valence-corrected chi connectivity index (χ2v) is 8.97. The molecule has 0 unspecified atom stereocenters. The highest BCUT2D eigenvalue weighted by Crippen LogP contribution is 2.40. The van der Waals surface area contributed by atoms with Crippen LogP contribution in [0.15, 0.2) is 45.9 Å². The van der Waals surface area contributed by atoms with Gasteiger partial charge in [-0.3, -0.25) is 14.9 Å². The van der Waals surface area contributed by atoms with Gasteiger partial charge in [0.05, 0.1) is 34.9 Å². The standard InChI is InChI=1S/C24H23ClN4O5/c1-13-11-24(2,3)28(4)19-10-18(25)15(7-17(13)19)12-26-27-23(30)21-8-14-6-16(29(31)32)9-20(33-5)22(14)34-21/h6-12H,1-5H3,(H,27,30)/b26-12-. The number of hydrogen-bond donors (Lipinski definition) is 1. The predicted molar refractivity (Wildman–Crippen MR) is 132 cm³/mol. The number of hydrogen-bond acceptors (Lipinski definition) is 7. The average Bonchev–Trinajstić information content (AvgIpc) is 3.21. The van der Waals surface area contributed by atoms with Gasteiger partial charge in [-0.1, -0.05) is 17.7 Å². The van der Waals surface area contributed by atoms with Crippen LogP contribution in [0, 0.1) is 10.1 Å².